The van der Waals surface area contributed by atoms with E-state index in [9.17, 15) is 13.2 Å². The van der Waals surface area contributed by atoms with E-state index in [0.717, 1.165) is 27.8 Å². The van der Waals surface area contributed by atoms with Crippen molar-refractivity contribution in [3.05, 3.63) is 48.2 Å². The third-order valence-electron chi connectivity index (χ3n) is 3.01. The first-order valence-corrected chi connectivity index (χ1v) is 7.27. The zero-order valence-corrected chi connectivity index (χ0v) is 12.6. The predicted molar refractivity (Wildman–Crippen MR) is 79.3 cm³/mol. The van der Waals surface area contributed by atoms with Gasteiger partial charge in [-0.1, -0.05) is 18.2 Å². The SMILES string of the molecule is C=CCSc1cc(-c2cc(C(F)(F)F)nn2C)ccc1C. The fraction of sp³-hybridized carbons (Fsp3) is 0.267. The molecule has 0 bridgehead atoms. The minimum atomic E-state index is -4.43. The number of aromatic nitrogens is 2. The molecule has 2 aromatic rings. The van der Waals surface area contributed by atoms with Gasteiger partial charge in [-0.2, -0.15) is 18.3 Å². The third kappa shape index (κ3) is 3.50. The van der Waals surface area contributed by atoms with E-state index >= 15 is 0 Å². The van der Waals surface area contributed by atoms with Crippen LogP contribution < -0.4 is 0 Å². The van der Waals surface area contributed by atoms with Crippen LogP contribution in [0.1, 0.15) is 11.3 Å². The molecule has 0 N–H and O–H groups in total. The molecule has 0 saturated carbocycles. The van der Waals surface area contributed by atoms with E-state index in [1.54, 1.807) is 17.8 Å². The normalized spacial score (nSPS) is 11.7. The van der Waals surface area contributed by atoms with Crippen LogP contribution in [0.5, 0.6) is 0 Å². The smallest absolute Gasteiger partial charge is 0.267 e. The Morgan fingerprint density at radius 2 is 2.05 bits per heavy atom. The average molecular weight is 312 g/mol. The van der Waals surface area contributed by atoms with Gasteiger partial charge >= 0.3 is 6.18 Å². The van der Waals surface area contributed by atoms with E-state index in [1.165, 1.54) is 11.7 Å². The first kappa shape index (κ1) is 15.7. The predicted octanol–water partition coefficient (Wildman–Crippen LogP) is 4.69. The molecule has 0 unspecified atom stereocenters. The van der Waals surface area contributed by atoms with Gasteiger partial charge < -0.3 is 0 Å². The molecule has 21 heavy (non-hydrogen) atoms. The second kappa shape index (κ2) is 5.97. The lowest BCUT2D eigenvalue weighted by atomic mass is 10.1. The van der Waals surface area contributed by atoms with Gasteiger partial charge in [-0.15, -0.1) is 18.3 Å². The Kier molecular flexibility index (Phi) is 4.46. The van der Waals surface area contributed by atoms with Gasteiger partial charge in [0.25, 0.3) is 0 Å². The molecule has 0 aliphatic rings. The van der Waals surface area contributed by atoms with Crippen molar-refractivity contribution in [2.45, 2.75) is 18.0 Å². The summed E-state index contributed by atoms with van der Waals surface area (Å²) in [4.78, 5) is 1.03. The monoisotopic (exact) mass is 312 g/mol. The molecule has 0 spiro atoms. The summed E-state index contributed by atoms with van der Waals surface area (Å²) >= 11 is 1.60. The molecule has 6 heteroatoms. The van der Waals surface area contributed by atoms with Crippen LogP contribution in [0.25, 0.3) is 11.3 Å². The Labute approximate surface area is 125 Å². The molecular weight excluding hydrogens is 297 g/mol. The quantitative estimate of drug-likeness (QED) is 0.602. The maximum atomic E-state index is 12.7. The summed E-state index contributed by atoms with van der Waals surface area (Å²) in [6, 6.07) is 6.68. The van der Waals surface area contributed by atoms with Gasteiger partial charge in [0.2, 0.25) is 0 Å². The standard InChI is InChI=1S/C15H15F3N2S/c1-4-7-21-13-8-11(6-5-10(13)2)12-9-14(15(16,17)18)19-20(12)3/h4-6,8-9H,1,7H2,2-3H3. The molecule has 2 nitrogen and oxygen atoms in total. The lowest BCUT2D eigenvalue weighted by molar-refractivity contribution is -0.141. The number of hydrogen-bond acceptors (Lipinski definition) is 2. The molecule has 0 atom stereocenters. The Hall–Kier alpha value is -1.69. The number of aryl methyl sites for hydroxylation is 2. The largest absolute Gasteiger partial charge is 0.435 e. The van der Waals surface area contributed by atoms with E-state index in [2.05, 4.69) is 11.7 Å². The van der Waals surface area contributed by atoms with Gasteiger partial charge in [-0.05, 0) is 24.6 Å². The van der Waals surface area contributed by atoms with Crippen LogP contribution in [-0.2, 0) is 13.2 Å². The first-order chi connectivity index (χ1) is 9.82. The Morgan fingerprint density at radius 1 is 1.33 bits per heavy atom. The molecule has 0 aliphatic carbocycles. The lowest BCUT2D eigenvalue weighted by Gasteiger charge is -2.08. The van der Waals surface area contributed by atoms with Gasteiger partial charge in [-0.3, -0.25) is 4.68 Å². The van der Waals surface area contributed by atoms with Crippen molar-refractivity contribution in [1.82, 2.24) is 9.78 Å². The maximum Gasteiger partial charge on any atom is 0.435 e. The molecule has 0 saturated heterocycles. The van der Waals surface area contributed by atoms with Crippen molar-refractivity contribution < 1.29 is 13.2 Å². The van der Waals surface area contributed by atoms with Crippen molar-refractivity contribution >= 4 is 11.8 Å². The van der Waals surface area contributed by atoms with Crippen molar-refractivity contribution in [2.24, 2.45) is 7.05 Å². The van der Waals surface area contributed by atoms with Crippen LogP contribution in [0.3, 0.4) is 0 Å². The van der Waals surface area contributed by atoms with E-state index in [4.69, 9.17) is 0 Å². The van der Waals surface area contributed by atoms with E-state index < -0.39 is 11.9 Å². The lowest BCUT2D eigenvalue weighted by Crippen LogP contribution is -2.06. The van der Waals surface area contributed by atoms with Crippen LogP contribution in [-0.4, -0.2) is 15.5 Å². The minimum absolute atomic E-state index is 0.447. The van der Waals surface area contributed by atoms with Crippen LogP contribution in [0.2, 0.25) is 0 Å². The Morgan fingerprint density at radius 3 is 2.62 bits per heavy atom. The molecule has 2 rings (SSSR count). The van der Waals surface area contributed by atoms with Crippen LogP contribution in [0, 0.1) is 6.92 Å². The first-order valence-electron chi connectivity index (χ1n) is 6.29. The molecule has 0 radical (unpaired) electrons. The molecule has 1 heterocycles. The second-order valence-electron chi connectivity index (χ2n) is 4.62. The third-order valence-corrected chi connectivity index (χ3v) is 4.16. The molecule has 0 aliphatic heterocycles. The summed E-state index contributed by atoms with van der Waals surface area (Å²) in [5, 5.41) is 3.54. The second-order valence-corrected chi connectivity index (χ2v) is 5.68. The van der Waals surface area contributed by atoms with Gasteiger partial charge in [0.05, 0.1) is 5.69 Å². The summed E-state index contributed by atoms with van der Waals surface area (Å²) < 4.78 is 39.4. The van der Waals surface area contributed by atoms with Crippen LogP contribution in [0.4, 0.5) is 13.2 Å². The minimum Gasteiger partial charge on any atom is -0.267 e. The molecule has 112 valence electrons. The summed E-state index contributed by atoms with van der Waals surface area (Å²) in [6.45, 7) is 5.64. The van der Waals surface area contributed by atoms with Gasteiger partial charge in [0.1, 0.15) is 0 Å². The highest BCUT2D eigenvalue weighted by atomic mass is 32.2. The molecule has 0 amide bonds. The van der Waals surface area contributed by atoms with Crippen molar-refractivity contribution in [1.29, 1.82) is 0 Å². The summed E-state index contributed by atoms with van der Waals surface area (Å²) in [5.74, 6) is 0.753. The number of thioether (sulfide) groups is 1. The molecule has 1 aromatic carbocycles. The fourth-order valence-corrected chi connectivity index (χ4v) is 2.74. The van der Waals surface area contributed by atoms with Crippen LogP contribution in [0.15, 0.2) is 41.8 Å². The van der Waals surface area contributed by atoms with Gasteiger partial charge in [-0.25, -0.2) is 0 Å². The highest BCUT2D eigenvalue weighted by Gasteiger charge is 2.34. The fourth-order valence-electron chi connectivity index (χ4n) is 1.94. The molecule has 0 fully saturated rings. The summed E-state index contributed by atoms with van der Waals surface area (Å²) in [6.07, 6.45) is -2.64. The number of alkyl halides is 3. The van der Waals surface area contributed by atoms with Crippen molar-refractivity contribution in [3.8, 4) is 11.3 Å². The highest BCUT2D eigenvalue weighted by molar-refractivity contribution is 7.99. The average Bonchev–Trinajstić information content (AvgIpc) is 2.80. The summed E-state index contributed by atoms with van der Waals surface area (Å²) in [7, 11) is 1.51. The van der Waals surface area contributed by atoms with Gasteiger partial charge in [0, 0.05) is 23.3 Å². The zero-order valence-electron chi connectivity index (χ0n) is 11.7. The Balaban J connectivity index is 2.42. The van der Waals surface area contributed by atoms with Crippen molar-refractivity contribution in [3.63, 3.8) is 0 Å². The number of rotatable bonds is 4. The zero-order chi connectivity index (χ0) is 15.6. The van der Waals surface area contributed by atoms with Crippen molar-refractivity contribution in [2.75, 3.05) is 5.75 Å². The number of benzene rings is 1. The van der Waals surface area contributed by atoms with E-state index in [0.29, 0.717) is 5.69 Å². The van der Waals surface area contributed by atoms with Gasteiger partial charge in [0.15, 0.2) is 5.69 Å². The van der Waals surface area contributed by atoms with E-state index in [-0.39, 0.29) is 0 Å². The maximum absolute atomic E-state index is 12.7. The highest BCUT2D eigenvalue weighted by Crippen LogP contribution is 2.33. The Bertz CT molecular complexity index is 659. The van der Waals surface area contributed by atoms with E-state index in [1.807, 2.05) is 25.1 Å². The molecular formula is C15H15F3N2S. The topological polar surface area (TPSA) is 17.8 Å². The number of hydrogen-bond donors (Lipinski definition) is 0. The number of halogens is 3. The molecule has 1 aromatic heterocycles. The van der Waals surface area contributed by atoms with Crippen LogP contribution >= 0.6 is 11.8 Å². The number of nitrogens with zero attached hydrogens (tertiary/aromatic N) is 2. The summed E-state index contributed by atoms with van der Waals surface area (Å²) in [5.41, 5.74) is 1.38.